The summed E-state index contributed by atoms with van der Waals surface area (Å²) in [7, 11) is 0. The fraction of sp³-hybridized carbons (Fsp3) is 0.150. The Morgan fingerprint density at radius 3 is 2.82 bits per heavy atom. The summed E-state index contributed by atoms with van der Waals surface area (Å²) in [5.41, 5.74) is 1.71. The summed E-state index contributed by atoms with van der Waals surface area (Å²) in [6.45, 7) is 1.78. The molecule has 0 spiro atoms. The summed E-state index contributed by atoms with van der Waals surface area (Å²) in [6.07, 6.45) is 3.09. The second kappa shape index (κ2) is 9.82. The molecule has 9 nitrogen and oxygen atoms in total. The highest BCUT2D eigenvalue weighted by Gasteiger charge is 2.23. The van der Waals surface area contributed by atoms with Gasteiger partial charge in [-0.15, -0.1) is 10.2 Å². The summed E-state index contributed by atoms with van der Waals surface area (Å²) in [4.78, 5) is 17.5. The number of hydrogen-bond donors (Lipinski definition) is 1. The normalized spacial score (nSPS) is 12.1. The minimum Gasteiger partial charge on any atom is -0.616 e. The maximum Gasteiger partial charge on any atom is 0.274 e. The molecule has 3 heterocycles. The molecule has 170 valence electrons. The van der Waals surface area contributed by atoms with Crippen molar-refractivity contribution >= 4 is 61.9 Å². The molecule has 1 aromatic carbocycles. The number of carbonyl (C=O) groups is 1. The Kier molecular flexibility index (Phi) is 7.05. The molecule has 1 N–H and O–H groups in total. The predicted molar refractivity (Wildman–Crippen MR) is 129 cm³/mol. The van der Waals surface area contributed by atoms with Crippen LogP contribution < -0.4 is 5.32 Å². The molecule has 33 heavy (non-hydrogen) atoms. The van der Waals surface area contributed by atoms with Gasteiger partial charge in [0.25, 0.3) is 11.8 Å². The van der Waals surface area contributed by atoms with Crippen molar-refractivity contribution in [3.63, 3.8) is 0 Å². The van der Waals surface area contributed by atoms with Gasteiger partial charge >= 0.3 is 0 Å². The Morgan fingerprint density at radius 1 is 1.30 bits per heavy atom. The van der Waals surface area contributed by atoms with Crippen LogP contribution in [0.15, 0.2) is 45.5 Å². The average Bonchev–Trinajstić information content (AvgIpc) is 3.36. The lowest BCUT2D eigenvalue weighted by molar-refractivity contribution is 0.101. The van der Waals surface area contributed by atoms with Gasteiger partial charge < -0.3 is 14.3 Å². The van der Waals surface area contributed by atoms with E-state index in [1.54, 1.807) is 43.5 Å². The molecular formula is C20H15BrCl2N6O3S. The summed E-state index contributed by atoms with van der Waals surface area (Å²) in [5.74, 6) is 0.297. The minimum absolute atomic E-state index is 0.117. The molecule has 4 aromatic rings. The number of rotatable bonds is 6. The standard InChI is InChI=1S/C20H15BrCl2N6O3S/c1-10-6-11(22)7-12(20-27-26-16(32-20)9-33(2)31)17(10)25-19(30)14-8-15(21)28-29(14)18-13(23)4-3-5-24-18/h3-8H,9H2,1-2H3,(H,25,30). The predicted octanol–water partition coefficient (Wildman–Crippen LogP) is 4.83. The Labute approximate surface area is 209 Å². The number of amides is 1. The lowest BCUT2D eigenvalue weighted by Gasteiger charge is -2.13. The SMILES string of the molecule is Cc1cc(Cl)cc(-c2nnc(C[S+](C)[O-])o2)c1NC(=O)c1cc(Br)nn1-c1ncccc1Cl. The van der Waals surface area contributed by atoms with E-state index in [1.807, 2.05) is 0 Å². The van der Waals surface area contributed by atoms with Crippen LogP contribution in [-0.4, -0.2) is 41.7 Å². The first-order valence-electron chi connectivity index (χ1n) is 9.33. The topological polar surface area (TPSA) is 122 Å². The molecule has 0 fully saturated rings. The van der Waals surface area contributed by atoms with Crippen LogP contribution in [0.25, 0.3) is 17.3 Å². The highest BCUT2D eigenvalue weighted by molar-refractivity contribution is 9.10. The van der Waals surface area contributed by atoms with E-state index in [-0.39, 0.29) is 23.2 Å². The number of halogens is 3. The zero-order valence-corrected chi connectivity index (χ0v) is 21.1. The monoisotopic (exact) mass is 568 g/mol. The number of aryl methyl sites for hydroxylation is 1. The molecule has 0 aliphatic rings. The Hall–Kier alpha value is -2.44. The third kappa shape index (κ3) is 5.22. The summed E-state index contributed by atoms with van der Waals surface area (Å²) < 4.78 is 18.9. The van der Waals surface area contributed by atoms with E-state index in [2.05, 4.69) is 41.5 Å². The molecule has 1 unspecified atom stereocenters. The number of hydrogen-bond acceptors (Lipinski definition) is 7. The molecule has 0 aliphatic heterocycles. The van der Waals surface area contributed by atoms with Crippen molar-refractivity contribution in [3.05, 3.63) is 68.3 Å². The fourth-order valence-electron chi connectivity index (χ4n) is 3.06. The first-order chi connectivity index (χ1) is 15.7. The van der Waals surface area contributed by atoms with Gasteiger partial charge in [-0.3, -0.25) is 4.79 Å². The van der Waals surface area contributed by atoms with Crippen molar-refractivity contribution in [2.75, 3.05) is 11.6 Å². The maximum absolute atomic E-state index is 13.3. The van der Waals surface area contributed by atoms with Crippen LogP contribution in [0, 0.1) is 6.92 Å². The quantitative estimate of drug-likeness (QED) is 0.330. The molecule has 0 saturated heterocycles. The van der Waals surface area contributed by atoms with Gasteiger partial charge in [-0.25, -0.2) is 9.67 Å². The van der Waals surface area contributed by atoms with Crippen LogP contribution in [0.1, 0.15) is 21.9 Å². The highest BCUT2D eigenvalue weighted by Crippen LogP contribution is 2.34. The number of pyridine rings is 1. The van der Waals surface area contributed by atoms with Gasteiger partial charge in [-0.1, -0.05) is 23.2 Å². The second-order valence-electron chi connectivity index (χ2n) is 6.89. The Balaban J connectivity index is 1.73. The zero-order valence-electron chi connectivity index (χ0n) is 17.2. The summed E-state index contributed by atoms with van der Waals surface area (Å²) in [5, 5.41) is 15.9. The van der Waals surface area contributed by atoms with Crippen molar-refractivity contribution in [1.82, 2.24) is 25.0 Å². The van der Waals surface area contributed by atoms with Gasteiger partial charge in [0.2, 0.25) is 5.89 Å². The van der Waals surface area contributed by atoms with Crippen molar-refractivity contribution in [1.29, 1.82) is 0 Å². The molecular weight excluding hydrogens is 555 g/mol. The number of benzene rings is 1. The lowest BCUT2D eigenvalue weighted by atomic mass is 10.1. The zero-order chi connectivity index (χ0) is 23.7. The highest BCUT2D eigenvalue weighted by atomic mass is 79.9. The summed E-state index contributed by atoms with van der Waals surface area (Å²) >= 11 is 14.7. The molecule has 0 aliphatic carbocycles. The smallest absolute Gasteiger partial charge is 0.274 e. The minimum atomic E-state index is -1.15. The van der Waals surface area contributed by atoms with E-state index in [0.717, 1.165) is 0 Å². The molecule has 3 aromatic heterocycles. The molecule has 1 atom stereocenters. The van der Waals surface area contributed by atoms with E-state index in [9.17, 15) is 9.35 Å². The fourth-order valence-corrected chi connectivity index (χ4v) is 4.37. The van der Waals surface area contributed by atoms with E-state index in [4.69, 9.17) is 27.6 Å². The largest absolute Gasteiger partial charge is 0.616 e. The molecule has 13 heteroatoms. The summed E-state index contributed by atoms with van der Waals surface area (Å²) in [6, 6.07) is 8.18. The van der Waals surface area contributed by atoms with E-state index >= 15 is 0 Å². The maximum atomic E-state index is 13.3. The van der Waals surface area contributed by atoms with Crippen LogP contribution in [0.3, 0.4) is 0 Å². The van der Waals surface area contributed by atoms with Crippen LogP contribution in [0.5, 0.6) is 0 Å². The number of nitrogens with one attached hydrogen (secondary N) is 1. The number of carbonyl (C=O) groups excluding carboxylic acids is 1. The molecule has 0 bridgehead atoms. The van der Waals surface area contributed by atoms with E-state index in [1.165, 1.54) is 10.9 Å². The van der Waals surface area contributed by atoms with E-state index < -0.39 is 17.1 Å². The number of anilines is 1. The van der Waals surface area contributed by atoms with Gasteiger partial charge in [0.15, 0.2) is 11.6 Å². The van der Waals surface area contributed by atoms with E-state index in [0.29, 0.717) is 37.3 Å². The van der Waals surface area contributed by atoms with Crippen LogP contribution in [0.2, 0.25) is 10.0 Å². The molecule has 0 radical (unpaired) electrons. The van der Waals surface area contributed by atoms with Gasteiger partial charge in [0.1, 0.15) is 10.3 Å². The molecule has 0 saturated carbocycles. The van der Waals surface area contributed by atoms with Gasteiger partial charge in [-0.05, 0) is 63.9 Å². The van der Waals surface area contributed by atoms with Crippen LogP contribution in [0.4, 0.5) is 5.69 Å². The molecule has 1 amide bonds. The van der Waals surface area contributed by atoms with Gasteiger partial charge in [0.05, 0.1) is 22.5 Å². The lowest BCUT2D eigenvalue weighted by Crippen LogP contribution is -2.18. The van der Waals surface area contributed by atoms with Crippen molar-refractivity contribution in [2.24, 2.45) is 0 Å². The van der Waals surface area contributed by atoms with Crippen LogP contribution >= 0.6 is 39.1 Å². The van der Waals surface area contributed by atoms with Crippen molar-refractivity contribution < 1.29 is 13.8 Å². The third-order valence-corrected chi connectivity index (χ3v) is 5.97. The Bertz CT molecular complexity index is 1340. The first kappa shape index (κ1) is 23.7. The Morgan fingerprint density at radius 2 is 2.09 bits per heavy atom. The average molecular weight is 570 g/mol. The third-order valence-electron chi connectivity index (χ3n) is 4.41. The van der Waals surface area contributed by atoms with Gasteiger partial charge in [0, 0.05) is 17.3 Å². The first-order valence-corrected chi connectivity index (χ1v) is 12.6. The van der Waals surface area contributed by atoms with Crippen molar-refractivity contribution in [2.45, 2.75) is 12.7 Å². The number of aromatic nitrogens is 5. The number of nitrogens with zero attached hydrogens (tertiary/aromatic N) is 5. The van der Waals surface area contributed by atoms with Crippen molar-refractivity contribution in [3.8, 4) is 17.3 Å². The second-order valence-corrected chi connectivity index (χ2v) is 9.98. The van der Waals surface area contributed by atoms with Crippen LogP contribution in [-0.2, 0) is 16.9 Å². The molecule has 4 rings (SSSR count). The van der Waals surface area contributed by atoms with Gasteiger partial charge in [-0.2, -0.15) is 5.10 Å².